The Hall–Kier alpha value is -2.06. The number of halogens is 1. The maximum absolute atomic E-state index is 12.9. The van der Waals surface area contributed by atoms with Gasteiger partial charge in [0, 0.05) is 25.2 Å². The predicted octanol–water partition coefficient (Wildman–Crippen LogP) is 2.62. The van der Waals surface area contributed by atoms with Gasteiger partial charge in [-0.2, -0.15) is 0 Å². The van der Waals surface area contributed by atoms with Gasteiger partial charge in [0.15, 0.2) is 11.5 Å². The van der Waals surface area contributed by atoms with E-state index in [1.165, 1.54) is 19.2 Å². The van der Waals surface area contributed by atoms with Crippen molar-refractivity contribution in [3.05, 3.63) is 27.8 Å². The number of nitro benzene ring substituents is 1. The number of nitrogens with zero attached hydrogens (tertiary/aromatic N) is 2. The number of methoxy groups -OCH3 is 1. The summed E-state index contributed by atoms with van der Waals surface area (Å²) >= 11 is 0. The third kappa shape index (κ3) is 4.76. The number of piperidine rings is 1. The molecule has 0 bridgehead atoms. The number of benzene rings is 1. The minimum absolute atomic E-state index is 0. The molecule has 9 heteroatoms. The highest BCUT2D eigenvalue weighted by Gasteiger charge is 2.31. The van der Waals surface area contributed by atoms with Gasteiger partial charge in [0.05, 0.1) is 24.7 Å². The number of hydrogen-bond donors (Lipinski definition) is 1. The molecule has 0 saturated carbocycles. The summed E-state index contributed by atoms with van der Waals surface area (Å²) < 4.78 is 10.6. The van der Waals surface area contributed by atoms with E-state index in [0.29, 0.717) is 25.4 Å². The van der Waals surface area contributed by atoms with Crippen LogP contribution in [-0.2, 0) is 0 Å². The van der Waals surface area contributed by atoms with Crippen LogP contribution in [0.3, 0.4) is 0 Å². The molecular weight excluding hydrogens is 362 g/mol. The number of nitrogens with two attached hydrogens (primary N) is 1. The first kappa shape index (κ1) is 22.0. The first-order valence-corrected chi connectivity index (χ1v) is 8.43. The van der Waals surface area contributed by atoms with Gasteiger partial charge in [-0.25, -0.2) is 0 Å². The molecule has 1 aliphatic rings. The van der Waals surface area contributed by atoms with E-state index in [1.807, 2.05) is 6.92 Å². The Morgan fingerprint density at radius 3 is 2.69 bits per heavy atom. The molecule has 2 atom stereocenters. The largest absolute Gasteiger partial charge is 0.493 e. The molecule has 2 unspecified atom stereocenters. The summed E-state index contributed by atoms with van der Waals surface area (Å²) in [5.74, 6) is 0.374. The Labute approximate surface area is 159 Å². The van der Waals surface area contributed by atoms with Crippen molar-refractivity contribution in [2.45, 2.75) is 32.7 Å². The second-order valence-corrected chi connectivity index (χ2v) is 6.22. The van der Waals surface area contributed by atoms with E-state index in [0.717, 1.165) is 12.8 Å². The third-order valence-electron chi connectivity index (χ3n) is 4.50. The summed E-state index contributed by atoms with van der Waals surface area (Å²) in [6.07, 6.45) is 1.79. The summed E-state index contributed by atoms with van der Waals surface area (Å²) in [6.45, 7) is 5.14. The van der Waals surface area contributed by atoms with E-state index >= 15 is 0 Å². The Morgan fingerprint density at radius 1 is 1.46 bits per heavy atom. The average Bonchev–Trinajstić information content (AvgIpc) is 2.60. The van der Waals surface area contributed by atoms with Crippen molar-refractivity contribution in [2.75, 3.05) is 26.8 Å². The lowest BCUT2D eigenvalue weighted by atomic mass is 9.91. The quantitative estimate of drug-likeness (QED) is 0.593. The van der Waals surface area contributed by atoms with Gasteiger partial charge in [0.1, 0.15) is 5.56 Å². The van der Waals surface area contributed by atoms with Crippen molar-refractivity contribution >= 4 is 24.0 Å². The molecule has 1 aliphatic heterocycles. The summed E-state index contributed by atoms with van der Waals surface area (Å²) in [5.41, 5.74) is 5.69. The summed E-state index contributed by atoms with van der Waals surface area (Å²) in [4.78, 5) is 25.4. The molecule has 0 spiro atoms. The zero-order valence-electron chi connectivity index (χ0n) is 15.3. The molecule has 1 amide bonds. The lowest BCUT2D eigenvalue weighted by Crippen LogP contribution is -2.45. The number of carbonyl (C=O) groups is 1. The topological polar surface area (TPSA) is 108 Å². The molecule has 1 fully saturated rings. The highest BCUT2D eigenvalue weighted by molar-refractivity contribution is 5.99. The molecule has 0 aromatic heterocycles. The maximum atomic E-state index is 12.9. The first-order valence-electron chi connectivity index (χ1n) is 8.43. The van der Waals surface area contributed by atoms with E-state index in [1.54, 1.807) is 11.8 Å². The van der Waals surface area contributed by atoms with Gasteiger partial charge in [-0.05, 0) is 32.6 Å². The highest BCUT2D eigenvalue weighted by Crippen LogP contribution is 2.36. The molecule has 0 radical (unpaired) electrons. The smallest absolute Gasteiger partial charge is 0.286 e. The molecule has 2 N–H and O–H groups in total. The maximum Gasteiger partial charge on any atom is 0.286 e. The van der Waals surface area contributed by atoms with Crippen LogP contribution >= 0.6 is 12.4 Å². The molecule has 146 valence electrons. The lowest BCUT2D eigenvalue weighted by molar-refractivity contribution is -0.385. The van der Waals surface area contributed by atoms with Crippen LogP contribution in [0.1, 0.15) is 37.0 Å². The fourth-order valence-electron chi connectivity index (χ4n) is 3.09. The summed E-state index contributed by atoms with van der Waals surface area (Å²) in [6, 6.07) is 2.61. The zero-order valence-corrected chi connectivity index (χ0v) is 16.1. The van der Waals surface area contributed by atoms with Gasteiger partial charge < -0.3 is 20.1 Å². The fourth-order valence-corrected chi connectivity index (χ4v) is 3.09. The molecule has 26 heavy (non-hydrogen) atoms. The molecule has 1 aromatic carbocycles. The van der Waals surface area contributed by atoms with Crippen molar-refractivity contribution in [3.63, 3.8) is 0 Å². The Kier molecular flexibility index (Phi) is 8.10. The van der Waals surface area contributed by atoms with Crippen molar-refractivity contribution < 1.29 is 19.2 Å². The number of nitro groups is 1. The molecule has 2 rings (SSSR count). The lowest BCUT2D eigenvalue weighted by Gasteiger charge is -2.34. The average molecular weight is 388 g/mol. The second-order valence-electron chi connectivity index (χ2n) is 6.22. The van der Waals surface area contributed by atoms with Crippen molar-refractivity contribution in [1.82, 2.24) is 4.90 Å². The van der Waals surface area contributed by atoms with E-state index in [9.17, 15) is 14.9 Å². The normalized spacial score (nSPS) is 17.8. The van der Waals surface area contributed by atoms with E-state index < -0.39 is 4.92 Å². The van der Waals surface area contributed by atoms with Crippen LogP contribution in [0.15, 0.2) is 12.1 Å². The minimum Gasteiger partial charge on any atom is -0.493 e. The first-order chi connectivity index (χ1) is 11.9. The van der Waals surface area contributed by atoms with E-state index in [4.69, 9.17) is 15.2 Å². The van der Waals surface area contributed by atoms with Crippen LogP contribution in [-0.4, -0.2) is 48.6 Å². The molecule has 8 nitrogen and oxygen atoms in total. The van der Waals surface area contributed by atoms with Gasteiger partial charge in [-0.1, -0.05) is 0 Å². The zero-order chi connectivity index (χ0) is 18.6. The molecule has 1 saturated heterocycles. The highest BCUT2D eigenvalue weighted by atomic mass is 35.5. The number of carbonyl (C=O) groups excluding carboxylic acids is 1. The van der Waals surface area contributed by atoms with Crippen LogP contribution in [0.4, 0.5) is 5.69 Å². The van der Waals surface area contributed by atoms with Crippen LogP contribution < -0.4 is 15.2 Å². The van der Waals surface area contributed by atoms with Gasteiger partial charge in [0.2, 0.25) is 0 Å². The van der Waals surface area contributed by atoms with Gasteiger partial charge >= 0.3 is 0 Å². The SMILES string of the molecule is CCOc1cc(C(=O)N2CCCC(C(C)N)C2)c([N+](=O)[O-])cc1OC.Cl. The second kappa shape index (κ2) is 9.59. The van der Waals surface area contributed by atoms with E-state index in [-0.39, 0.29) is 47.3 Å². The van der Waals surface area contributed by atoms with Crippen molar-refractivity contribution in [3.8, 4) is 11.5 Å². The van der Waals surface area contributed by atoms with Crippen molar-refractivity contribution in [1.29, 1.82) is 0 Å². The number of likely N-dealkylation sites (tertiary alicyclic amines) is 1. The number of hydrogen-bond acceptors (Lipinski definition) is 6. The minimum atomic E-state index is -0.571. The standard InChI is InChI=1S/C17H25N3O5.ClH/c1-4-25-16-8-13(14(20(22)23)9-15(16)24-3)17(21)19-7-5-6-12(10-19)11(2)18;/h8-9,11-12H,4-7,10,18H2,1-3H3;1H. The van der Waals surface area contributed by atoms with Crippen LogP contribution in [0, 0.1) is 16.0 Å². The van der Waals surface area contributed by atoms with Crippen LogP contribution in [0.5, 0.6) is 11.5 Å². The number of ether oxygens (including phenoxy) is 2. The summed E-state index contributed by atoms with van der Waals surface area (Å²) in [5, 5.41) is 11.4. The number of rotatable bonds is 6. The van der Waals surface area contributed by atoms with Gasteiger partial charge in [-0.3, -0.25) is 14.9 Å². The third-order valence-corrected chi connectivity index (χ3v) is 4.50. The van der Waals surface area contributed by atoms with Gasteiger partial charge in [-0.15, -0.1) is 12.4 Å². The Morgan fingerprint density at radius 2 is 2.15 bits per heavy atom. The Bertz CT molecular complexity index is 654. The van der Waals surface area contributed by atoms with Crippen molar-refractivity contribution in [2.24, 2.45) is 11.7 Å². The van der Waals surface area contributed by atoms with E-state index in [2.05, 4.69) is 0 Å². The number of amides is 1. The molecule has 0 aliphatic carbocycles. The monoisotopic (exact) mass is 387 g/mol. The van der Waals surface area contributed by atoms with Crippen LogP contribution in [0.2, 0.25) is 0 Å². The predicted molar refractivity (Wildman–Crippen MR) is 100 cm³/mol. The van der Waals surface area contributed by atoms with Crippen LogP contribution in [0.25, 0.3) is 0 Å². The molecule has 1 aromatic rings. The molecular formula is C17H26ClN3O5. The Balaban J connectivity index is 0.00000338. The summed E-state index contributed by atoms with van der Waals surface area (Å²) in [7, 11) is 1.40. The van der Waals surface area contributed by atoms with Gasteiger partial charge in [0.25, 0.3) is 11.6 Å². The fraction of sp³-hybridized carbons (Fsp3) is 0.588. The molecule has 1 heterocycles.